The Morgan fingerprint density at radius 2 is 1.94 bits per heavy atom. The van der Waals surface area contributed by atoms with E-state index in [1.165, 1.54) is 6.07 Å². The third-order valence-corrected chi connectivity index (χ3v) is 3.76. The number of halogens is 3. The number of rotatable bonds is 2. The Morgan fingerprint density at radius 3 is 2.50 bits per heavy atom. The minimum absolute atomic E-state index is 0.0812. The van der Waals surface area contributed by atoms with Crippen LogP contribution < -0.4 is 5.32 Å². The quantitative estimate of drug-likeness (QED) is 0.872. The lowest BCUT2D eigenvalue weighted by Gasteiger charge is -2.23. The molecule has 1 heterocycles. The molecule has 0 amide bonds. The lowest BCUT2D eigenvalue weighted by Crippen LogP contribution is -2.26. The minimum Gasteiger partial charge on any atom is -0.317 e. The molecule has 4 heteroatoms. The van der Waals surface area contributed by atoms with E-state index in [0.717, 1.165) is 31.5 Å². The van der Waals surface area contributed by atoms with Crippen molar-refractivity contribution < 1.29 is 8.78 Å². The second kappa shape index (κ2) is 5.23. The molecule has 0 saturated carbocycles. The molecule has 1 nitrogen and oxygen atoms in total. The normalized spacial score (nSPS) is 18.0. The fraction of sp³-hybridized carbons (Fsp3) is 0.500. The van der Waals surface area contributed by atoms with E-state index in [1.54, 1.807) is 0 Å². The van der Waals surface area contributed by atoms with Crippen molar-refractivity contribution in [2.45, 2.75) is 25.2 Å². The van der Waals surface area contributed by atoms with E-state index in [1.807, 2.05) is 12.1 Å². The first-order valence-corrected chi connectivity index (χ1v) is 6.26. The lowest BCUT2D eigenvalue weighted by molar-refractivity contribution is 0.150. The average molecular weight is 290 g/mol. The molecule has 1 aromatic carbocycles. The molecule has 2 rings (SSSR count). The Labute approximate surface area is 102 Å². The van der Waals surface area contributed by atoms with Crippen LogP contribution in [0.3, 0.4) is 0 Å². The molecule has 0 aliphatic carbocycles. The summed E-state index contributed by atoms with van der Waals surface area (Å²) in [5.74, 6) is 0.504. The molecule has 0 aromatic heterocycles. The smallest absolute Gasteiger partial charge is 0.264 e. The third-order valence-electron chi connectivity index (χ3n) is 3.07. The fourth-order valence-corrected chi connectivity index (χ4v) is 2.70. The number of hydrogen-bond acceptors (Lipinski definition) is 1. The molecule has 1 aliphatic heterocycles. The van der Waals surface area contributed by atoms with Gasteiger partial charge in [0.25, 0.3) is 6.43 Å². The van der Waals surface area contributed by atoms with Crippen LogP contribution in [0.2, 0.25) is 0 Å². The lowest BCUT2D eigenvalue weighted by atomic mass is 9.90. The first-order valence-electron chi connectivity index (χ1n) is 5.46. The molecule has 0 bridgehead atoms. The van der Waals surface area contributed by atoms with Crippen molar-refractivity contribution in [2.24, 2.45) is 0 Å². The number of benzene rings is 1. The van der Waals surface area contributed by atoms with Crippen molar-refractivity contribution in [1.29, 1.82) is 0 Å². The van der Waals surface area contributed by atoms with E-state index in [9.17, 15) is 8.78 Å². The van der Waals surface area contributed by atoms with Crippen molar-refractivity contribution in [1.82, 2.24) is 5.32 Å². The van der Waals surface area contributed by atoms with Crippen LogP contribution in [0.25, 0.3) is 0 Å². The van der Waals surface area contributed by atoms with E-state index in [-0.39, 0.29) is 5.56 Å². The second-order valence-electron chi connectivity index (χ2n) is 4.11. The van der Waals surface area contributed by atoms with Crippen LogP contribution in [0.4, 0.5) is 8.78 Å². The summed E-state index contributed by atoms with van der Waals surface area (Å²) in [6.07, 6.45) is -0.238. The van der Waals surface area contributed by atoms with Gasteiger partial charge in [0, 0.05) is 10.0 Å². The molecule has 16 heavy (non-hydrogen) atoms. The maximum absolute atomic E-state index is 12.6. The molecule has 0 atom stereocenters. The van der Waals surface area contributed by atoms with Crippen LogP contribution in [-0.2, 0) is 0 Å². The van der Waals surface area contributed by atoms with Crippen LogP contribution in [0.15, 0.2) is 22.7 Å². The third kappa shape index (κ3) is 2.61. The topological polar surface area (TPSA) is 12.0 Å². The molecule has 0 spiro atoms. The largest absolute Gasteiger partial charge is 0.317 e. The number of nitrogens with one attached hydrogen (secondary N) is 1. The summed E-state index contributed by atoms with van der Waals surface area (Å²) in [6, 6.07) is 5.21. The summed E-state index contributed by atoms with van der Waals surface area (Å²) in [6.45, 7) is 2.03. The van der Waals surface area contributed by atoms with Crippen LogP contribution in [-0.4, -0.2) is 13.1 Å². The fourth-order valence-electron chi connectivity index (χ4n) is 2.13. The van der Waals surface area contributed by atoms with E-state index < -0.39 is 6.43 Å². The Hall–Kier alpha value is -0.480. The predicted molar refractivity (Wildman–Crippen MR) is 63.9 cm³/mol. The standard InChI is InChI=1S/C12H14BrF2N/c13-11-7-9(1-2-10(11)12(14)15)8-3-5-16-6-4-8/h1-2,7-8,12,16H,3-6H2. The summed E-state index contributed by atoms with van der Waals surface area (Å²) in [5, 5.41) is 3.30. The van der Waals surface area contributed by atoms with Gasteiger partial charge in [-0.25, -0.2) is 8.78 Å². The van der Waals surface area contributed by atoms with Crippen LogP contribution in [0.5, 0.6) is 0 Å². The molecular weight excluding hydrogens is 276 g/mol. The number of hydrogen-bond donors (Lipinski definition) is 1. The maximum Gasteiger partial charge on any atom is 0.264 e. The second-order valence-corrected chi connectivity index (χ2v) is 4.96. The van der Waals surface area contributed by atoms with Gasteiger partial charge in [0.1, 0.15) is 0 Å². The molecule has 1 saturated heterocycles. The summed E-state index contributed by atoms with van der Waals surface area (Å²) >= 11 is 3.22. The van der Waals surface area contributed by atoms with Crippen molar-refractivity contribution >= 4 is 15.9 Å². The van der Waals surface area contributed by atoms with Crippen LogP contribution >= 0.6 is 15.9 Å². The Balaban J connectivity index is 2.19. The zero-order valence-electron chi connectivity index (χ0n) is 8.85. The van der Waals surface area contributed by atoms with Gasteiger partial charge in [-0.05, 0) is 43.5 Å². The number of alkyl halides is 2. The van der Waals surface area contributed by atoms with E-state index in [0.29, 0.717) is 10.4 Å². The van der Waals surface area contributed by atoms with Crippen molar-refractivity contribution in [3.8, 4) is 0 Å². The maximum atomic E-state index is 12.6. The summed E-state index contributed by atoms with van der Waals surface area (Å²) in [7, 11) is 0. The molecule has 88 valence electrons. The number of piperidine rings is 1. The molecule has 1 fully saturated rings. The van der Waals surface area contributed by atoms with Gasteiger partial charge in [0.15, 0.2) is 0 Å². The predicted octanol–water partition coefficient (Wildman–Crippen LogP) is 3.85. The van der Waals surface area contributed by atoms with E-state index in [2.05, 4.69) is 21.2 Å². The highest BCUT2D eigenvalue weighted by atomic mass is 79.9. The summed E-state index contributed by atoms with van der Waals surface area (Å²) < 4.78 is 25.7. The Kier molecular flexibility index (Phi) is 3.92. The SMILES string of the molecule is FC(F)c1ccc(C2CCNCC2)cc1Br. The van der Waals surface area contributed by atoms with Crippen LogP contribution in [0.1, 0.15) is 36.3 Å². The molecule has 1 N–H and O–H groups in total. The zero-order chi connectivity index (χ0) is 11.5. The van der Waals surface area contributed by atoms with Gasteiger partial charge < -0.3 is 5.32 Å². The van der Waals surface area contributed by atoms with Crippen LogP contribution in [0, 0.1) is 0 Å². The zero-order valence-corrected chi connectivity index (χ0v) is 10.4. The van der Waals surface area contributed by atoms with E-state index >= 15 is 0 Å². The highest BCUT2D eigenvalue weighted by molar-refractivity contribution is 9.10. The summed E-state index contributed by atoms with van der Waals surface area (Å²) in [5.41, 5.74) is 1.25. The van der Waals surface area contributed by atoms with Crippen molar-refractivity contribution in [3.63, 3.8) is 0 Å². The van der Waals surface area contributed by atoms with Crippen molar-refractivity contribution in [2.75, 3.05) is 13.1 Å². The Morgan fingerprint density at radius 1 is 1.25 bits per heavy atom. The van der Waals surface area contributed by atoms with Gasteiger partial charge in [-0.15, -0.1) is 0 Å². The summed E-state index contributed by atoms with van der Waals surface area (Å²) in [4.78, 5) is 0. The van der Waals surface area contributed by atoms with Gasteiger partial charge in [-0.1, -0.05) is 28.1 Å². The molecule has 0 unspecified atom stereocenters. The average Bonchev–Trinajstić information content (AvgIpc) is 2.29. The highest BCUT2D eigenvalue weighted by Crippen LogP contribution is 2.32. The molecule has 1 aliphatic rings. The van der Waals surface area contributed by atoms with Gasteiger partial charge in [-0.2, -0.15) is 0 Å². The highest BCUT2D eigenvalue weighted by Gasteiger charge is 2.18. The molecule has 0 radical (unpaired) electrons. The monoisotopic (exact) mass is 289 g/mol. The van der Waals surface area contributed by atoms with Gasteiger partial charge in [0.2, 0.25) is 0 Å². The van der Waals surface area contributed by atoms with Gasteiger partial charge in [-0.3, -0.25) is 0 Å². The van der Waals surface area contributed by atoms with Crippen molar-refractivity contribution in [3.05, 3.63) is 33.8 Å². The molecule has 1 aromatic rings. The van der Waals surface area contributed by atoms with Gasteiger partial charge >= 0.3 is 0 Å². The first kappa shape index (κ1) is 12.0. The first-order chi connectivity index (χ1) is 7.68. The van der Waals surface area contributed by atoms with Gasteiger partial charge in [0.05, 0.1) is 0 Å². The molecular formula is C12H14BrF2N. The van der Waals surface area contributed by atoms with E-state index in [4.69, 9.17) is 0 Å². The minimum atomic E-state index is -2.41. The Bertz CT molecular complexity index is 362.